The molecular formula is C27H36O6. The number of carbonyl (C=O) groups excluding carboxylic acids is 1. The van der Waals surface area contributed by atoms with Gasteiger partial charge in [-0.15, -0.1) is 0 Å². The SMILES string of the molecule is CCOCOc1cc(C=Cc2cccc(CCCCC(=O)OC)c2)cc(C(OC)OCC)c1. The molecule has 0 heterocycles. The lowest BCUT2D eigenvalue weighted by Crippen LogP contribution is -2.08. The monoisotopic (exact) mass is 456 g/mol. The average molecular weight is 457 g/mol. The van der Waals surface area contributed by atoms with Gasteiger partial charge in [-0.05, 0) is 68.0 Å². The molecule has 0 saturated heterocycles. The molecule has 0 aromatic heterocycles. The standard InChI is InChI=1S/C27H36O6/c1-5-31-20-33-25-18-23(17-24(19-25)27(30-4)32-6-2)15-14-22-12-9-11-21(16-22)10-7-8-13-26(28)29-3/h9,11-12,14-19,27H,5-8,10,13,20H2,1-4H3. The fraction of sp³-hybridized carbons (Fsp3) is 0.444. The van der Waals surface area contributed by atoms with Crippen molar-refractivity contribution in [3.05, 3.63) is 64.7 Å². The van der Waals surface area contributed by atoms with E-state index in [1.54, 1.807) is 7.11 Å². The first-order chi connectivity index (χ1) is 16.1. The minimum Gasteiger partial charge on any atom is -0.469 e. The molecule has 0 aliphatic heterocycles. The second-order valence-corrected chi connectivity index (χ2v) is 7.47. The fourth-order valence-corrected chi connectivity index (χ4v) is 3.35. The molecule has 2 rings (SSSR count). The maximum atomic E-state index is 11.3. The van der Waals surface area contributed by atoms with E-state index in [2.05, 4.69) is 30.3 Å². The number of unbranched alkanes of at least 4 members (excludes halogenated alkanes) is 1. The average Bonchev–Trinajstić information content (AvgIpc) is 2.84. The van der Waals surface area contributed by atoms with Crippen molar-refractivity contribution < 1.29 is 28.5 Å². The zero-order chi connectivity index (χ0) is 23.9. The van der Waals surface area contributed by atoms with E-state index in [0.29, 0.717) is 25.4 Å². The van der Waals surface area contributed by atoms with E-state index >= 15 is 0 Å². The van der Waals surface area contributed by atoms with Gasteiger partial charge in [-0.3, -0.25) is 4.79 Å². The number of esters is 1. The lowest BCUT2D eigenvalue weighted by atomic mass is 10.0. The molecule has 0 amide bonds. The van der Waals surface area contributed by atoms with Crippen molar-refractivity contribution in [1.29, 1.82) is 0 Å². The van der Waals surface area contributed by atoms with Gasteiger partial charge in [0.15, 0.2) is 13.1 Å². The normalized spacial score (nSPS) is 12.1. The molecule has 0 aliphatic carbocycles. The molecule has 2 aromatic rings. The molecule has 6 nitrogen and oxygen atoms in total. The van der Waals surface area contributed by atoms with Gasteiger partial charge >= 0.3 is 5.97 Å². The first kappa shape index (κ1) is 26.6. The van der Waals surface area contributed by atoms with Crippen LogP contribution < -0.4 is 4.74 Å². The predicted octanol–water partition coefficient (Wildman–Crippen LogP) is 5.80. The van der Waals surface area contributed by atoms with Crippen molar-refractivity contribution in [3.63, 3.8) is 0 Å². The van der Waals surface area contributed by atoms with E-state index in [4.69, 9.17) is 23.7 Å². The molecule has 0 N–H and O–H groups in total. The van der Waals surface area contributed by atoms with E-state index < -0.39 is 6.29 Å². The van der Waals surface area contributed by atoms with Crippen LogP contribution in [-0.4, -0.2) is 40.2 Å². The largest absolute Gasteiger partial charge is 0.469 e. The van der Waals surface area contributed by atoms with Crippen molar-refractivity contribution in [1.82, 2.24) is 0 Å². The number of carbonyl (C=O) groups is 1. The number of methoxy groups -OCH3 is 2. The third-order valence-corrected chi connectivity index (χ3v) is 5.01. The van der Waals surface area contributed by atoms with Crippen molar-refractivity contribution in [2.45, 2.75) is 45.8 Å². The highest BCUT2D eigenvalue weighted by Crippen LogP contribution is 2.26. The van der Waals surface area contributed by atoms with Crippen LogP contribution in [0.3, 0.4) is 0 Å². The highest BCUT2D eigenvalue weighted by atomic mass is 16.7. The number of rotatable bonds is 15. The van der Waals surface area contributed by atoms with Crippen LogP contribution in [0.15, 0.2) is 42.5 Å². The smallest absolute Gasteiger partial charge is 0.305 e. The van der Waals surface area contributed by atoms with Crippen LogP contribution in [0.2, 0.25) is 0 Å². The van der Waals surface area contributed by atoms with E-state index in [1.165, 1.54) is 12.7 Å². The number of ether oxygens (including phenoxy) is 5. The molecule has 6 heteroatoms. The topological polar surface area (TPSA) is 63.2 Å². The molecule has 0 spiro atoms. The van der Waals surface area contributed by atoms with Crippen LogP contribution in [0, 0.1) is 0 Å². The van der Waals surface area contributed by atoms with Crippen molar-refractivity contribution in [2.24, 2.45) is 0 Å². The van der Waals surface area contributed by atoms with Gasteiger partial charge in [0.25, 0.3) is 0 Å². The Morgan fingerprint density at radius 2 is 1.79 bits per heavy atom. The third-order valence-electron chi connectivity index (χ3n) is 5.01. The second-order valence-electron chi connectivity index (χ2n) is 7.47. The van der Waals surface area contributed by atoms with Crippen LogP contribution in [0.25, 0.3) is 12.2 Å². The summed E-state index contributed by atoms with van der Waals surface area (Å²) in [5.41, 5.74) is 4.21. The first-order valence-corrected chi connectivity index (χ1v) is 11.4. The first-order valence-electron chi connectivity index (χ1n) is 11.4. The molecule has 0 radical (unpaired) electrons. The van der Waals surface area contributed by atoms with Crippen LogP contribution >= 0.6 is 0 Å². The summed E-state index contributed by atoms with van der Waals surface area (Å²) in [7, 11) is 3.05. The number of hydrogen-bond acceptors (Lipinski definition) is 6. The quantitative estimate of drug-likeness (QED) is 0.146. The van der Waals surface area contributed by atoms with Gasteiger partial charge in [0.2, 0.25) is 0 Å². The van der Waals surface area contributed by atoms with Gasteiger partial charge in [-0.1, -0.05) is 36.4 Å². The Labute approximate surface area is 197 Å². The zero-order valence-corrected chi connectivity index (χ0v) is 20.2. The van der Waals surface area contributed by atoms with Crippen LogP contribution in [-0.2, 0) is 30.2 Å². The van der Waals surface area contributed by atoms with Gasteiger partial charge < -0.3 is 23.7 Å². The lowest BCUT2D eigenvalue weighted by molar-refractivity contribution is -0.140. The molecule has 0 saturated carbocycles. The van der Waals surface area contributed by atoms with E-state index in [1.807, 2.05) is 38.1 Å². The maximum Gasteiger partial charge on any atom is 0.305 e. The number of benzene rings is 2. The molecule has 1 unspecified atom stereocenters. The predicted molar refractivity (Wildman–Crippen MR) is 130 cm³/mol. The Bertz CT molecular complexity index is 877. The summed E-state index contributed by atoms with van der Waals surface area (Å²) in [6, 6.07) is 14.3. The molecule has 0 bridgehead atoms. The molecule has 0 fully saturated rings. The Balaban J connectivity index is 2.12. The minimum atomic E-state index is -0.467. The van der Waals surface area contributed by atoms with Gasteiger partial charge in [0, 0.05) is 32.3 Å². The minimum absolute atomic E-state index is 0.154. The van der Waals surface area contributed by atoms with Gasteiger partial charge in [-0.25, -0.2) is 0 Å². The molecule has 1 atom stereocenters. The van der Waals surface area contributed by atoms with Gasteiger partial charge in [-0.2, -0.15) is 0 Å². The molecule has 2 aromatic carbocycles. The van der Waals surface area contributed by atoms with Gasteiger partial charge in [0.1, 0.15) is 5.75 Å². The summed E-state index contributed by atoms with van der Waals surface area (Å²) in [6.45, 7) is 5.18. The van der Waals surface area contributed by atoms with E-state index in [-0.39, 0.29) is 12.8 Å². The summed E-state index contributed by atoms with van der Waals surface area (Å²) in [6.07, 6.45) is 6.81. The molecule has 33 heavy (non-hydrogen) atoms. The second kappa shape index (κ2) is 15.2. The van der Waals surface area contributed by atoms with Crippen molar-refractivity contribution in [3.8, 4) is 5.75 Å². The highest BCUT2D eigenvalue weighted by Gasteiger charge is 2.12. The summed E-state index contributed by atoms with van der Waals surface area (Å²) < 4.78 is 27.0. The lowest BCUT2D eigenvalue weighted by Gasteiger charge is -2.17. The Kier molecular flexibility index (Phi) is 12.3. The van der Waals surface area contributed by atoms with E-state index in [9.17, 15) is 4.79 Å². The summed E-state index contributed by atoms with van der Waals surface area (Å²) >= 11 is 0. The Morgan fingerprint density at radius 3 is 2.52 bits per heavy atom. The van der Waals surface area contributed by atoms with E-state index in [0.717, 1.165) is 36.0 Å². The molecule has 0 aliphatic rings. The van der Waals surface area contributed by atoms with Crippen LogP contribution in [0.4, 0.5) is 0 Å². The highest BCUT2D eigenvalue weighted by molar-refractivity contribution is 5.71. The summed E-state index contributed by atoms with van der Waals surface area (Å²) in [4.78, 5) is 11.3. The summed E-state index contributed by atoms with van der Waals surface area (Å²) in [5, 5.41) is 0. The van der Waals surface area contributed by atoms with Crippen LogP contribution in [0.5, 0.6) is 5.75 Å². The maximum absolute atomic E-state index is 11.3. The number of aryl methyl sites for hydroxylation is 1. The Morgan fingerprint density at radius 1 is 0.970 bits per heavy atom. The van der Waals surface area contributed by atoms with Crippen LogP contribution in [0.1, 0.15) is 61.7 Å². The zero-order valence-electron chi connectivity index (χ0n) is 20.2. The third kappa shape index (κ3) is 9.78. The molecular weight excluding hydrogens is 420 g/mol. The number of hydrogen-bond donors (Lipinski definition) is 0. The van der Waals surface area contributed by atoms with Crippen molar-refractivity contribution >= 4 is 18.1 Å². The summed E-state index contributed by atoms with van der Waals surface area (Å²) in [5.74, 6) is 0.542. The fourth-order valence-electron chi connectivity index (χ4n) is 3.35. The van der Waals surface area contributed by atoms with Crippen molar-refractivity contribution in [2.75, 3.05) is 34.2 Å². The Hall–Kier alpha value is -2.67. The molecule has 180 valence electrons. The van der Waals surface area contributed by atoms with Gasteiger partial charge in [0.05, 0.1) is 7.11 Å².